The van der Waals surface area contributed by atoms with Crippen molar-refractivity contribution >= 4 is 21.4 Å². The molecule has 0 bridgehead atoms. The number of alkyl halides is 3. The number of rotatable bonds is 3. The second-order valence-electron chi connectivity index (χ2n) is 4.88. The van der Waals surface area contributed by atoms with Crippen molar-refractivity contribution in [3.8, 4) is 0 Å². The highest BCUT2D eigenvalue weighted by Crippen LogP contribution is 2.25. The molecule has 7 nitrogen and oxygen atoms in total. The van der Waals surface area contributed by atoms with Gasteiger partial charge in [-0.25, -0.2) is 23.4 Å². The maximum Gasteiger partial charge on any atom is 0.451 e. The van der Waals surface area contributed by atoms with Crippen LogP contribution < -0.4 is 5.32 Å². The third-order valence-corrected chi connectivity index (χ3v) is 3.78. The third kappa shape index (κ3) is 4.04. The smallest absolute Gasteiger partial charge is 0.319 e. The lowest BCUT2D eigenvalue weighted by molar-refractivity contribution is -0.145. The Balaban J connectivity index is 2.32. The van der Waals surface area contributed by atoms with Crippen molar-refractivity contribution in [3.05, 3.63) is 41.6 Å². The normalized spacial score (nSPS) is 12.0. The minimum atomic E-state index is -4.72. The van der Waals surface area contributed by atoms with Gasteiger partial charge in [-0.15, -0.1) is 0 Å². The Morgan fingerprint density at radius 2 is 1.71 bits per heavy atom. The molecule has 0 saturated heterocycles. The predicted octanol–water partition coefficient (Wildman–Crippen LogP) is 1.85. The Bertz CT molecular complexity index is 880. The first kappa shape index (κ1) is 17.8. The number of hydrogen-bond acceptors (Lipinski definition) is 6. The summed E-state index contributed by atoms with van der Waals surface area (Å²) in [5, 5.41) is 1.94. The summed E-state index contributed by atoms with van der Waals surface area (Å²) in [5.41, 5.74) is 0.243. The van der Waals surface area contributed by atoms with Gasteiger partial charge in [0.05, 0.1) is 11.3 Å². The third-order valence-electron chi connectivity index (χ3n) is 2.75. The number of aromatic nitrogens is 3. The standard InChI is InChI=1S/C13H11F3N4O3S/c1-7-3-9(11(17-4-7)24(2,22)23)20-10(21)8-5-18-12(19-6-8)13(14,15)16/h3-6H,1-2H3,(H,20,21). The quantitative estimate of drug-likeness (QED) is 0.896. The van der Waals surface area contributed by atoms with E-state index in [-0.39, 0.29) is 16.3 Å². The molecule has 0 radical (unpaired) electrons. The van der Waals surface area contributed by atoms with Gasteiger partial charge >= 0.3 is 6.18 Å². The number of nitrogens with one attached hydrogen (secondary N) is 1. The molecule has 24 heavy (non-hydrogen) atoms. The van der Waals surface area contributed by atoms with E-state index in [0.29, 0.717) is 18.0 Å². The fraction of sp³-hybridized carbons (Fsp3) is 0.231. The summed E-state index contributed by atoms with van der Waals surface area (Å²) in [6.45, 7) is 1.63. The summed E-state index contributed by atoms with van der Waals surface area (Å²) in [7, 11) is -3.71. The second-order valence-corrected chi connectivity index (χ2v) is 6.82. The van der Waals surface area contributed by atoms with E-state index in [2.05, 4.69) is 20.3 Å². The second kappa shape index (κ2) is 6.15. The van der Waals surface area contributed by atoms with Gasteiger partial charge in [0.15, 0.2) is 14.9 Å². The summed E-state index contributed by atoms with van der Waals surface area (Å²) in [5.74, 6) is -2.24. The molecule has 1 amide bonds. The predicted molar refractivity (Wildman–Crippen MR) is 77.1 cm³/mol. The number of aryl methyl sites for hydroxylation is 1. The van der Waals surface area contributed by atoms with E-state index in [1.54, 1.807) is 6.92 Å². The zero-order chi connectivity index (χ0) is 18.1. The van der Waals surface area contributed by atoms with E-state index in [4.69, 9.17) is 0 Å². The summed E-state index contributed by atoms with van der Waals surface area (Å²) >= 11 is 0. The number of pyridine rings is 1. The first-order valence-electron chi connectivity index (χ1n) is 6.36. The highest BCUT2D eigenvalue weighted by atomic mass is 32.2. The van der Waals surface area contributed by atoms with Gasteiger partial charge in [-0.3, -0.25) is 4.79 Å². The lowest BCUT2D eigenvalue weighted by Gasteiger charge is -2.10. The van der Waals surface area contributed by atoms with Crippen molar-refractivity contribution in [3.63, 3.8) is 0 Å². The van der Waals surface area contributed by atoms with Crippen LogP contribution in [0.5, 0.6) is 0 Å². The highest BCUT2D eigenvalue weighted by molar-refractivity contribution is 7.90. The van der Waals surface area contributed by atoms with Crippen molar-refractivity contribution in [2.45, 2.75) is 18.1 Å². The molecule has 0 aliphatic rings. The minimum absolute atomic E-state index is 0.0811. The number of carbonyl (C=O) groups is 1. The topological polar surface area (TPSA) is 102 Å². The Hall–Kier alpha value is -2.56. The zero-order valence-electron chi connectivity index (χ0n) is 12.4. The number of carbonyl (C=O) groups excluding carboxylic acids is 1. The SMILES string of the molecule is Cc1cnc(S(C)(=O)=O)c(NC(=O)c2cnc(C(F)(F)F)nc2)c1. The van der Waals surface area contributed by atoms with Crippen LogP contribution in [0.25, 0.3) is 0 Å². The van der Waals surface area contributed by atoms with E-state index in [1.807, 2.05) is 0 Å². The maximum absolute atomic E-state index is 12.4. The molecule has 128 valence electrons. The lowest BCUT2D eigenvalue weighted by atomic mass is 10.2. The van der Waals surface area contributed by atoms with Gasteiger partial charge in [0.1, 0.15) is 0 Å². The fourth-order valence-corrected chi connectivity index (χ4v) is 2.48. The van der Waals surface area contributed by atoms with Gasteiger partial charge in [-0.05, 0) is 18.6 Å². The van der Waals surface area contributed by atoms with Crippen LogP contribution in [0.2, 0.25) is 0 Å². The van der Waals surface area contributed by atoms with Crippen LogP contribution in [0.1, 0.15) is 21.7 Å². The van der Waals surface area contributed by atoms with Gasteiger partial charge in [0, 0.05) is 24.8 Å². The molecule has 2 heterocycles. The van der Waals surface area contributed by atoms with E-state index in [1.165, 1.54) is 12.3 Å². The van der Waals surface area contributed by atoms with E-state index in [9.17, 15) is 26.4 Å². The molecule has 0 fully saturated rings. The van der Waals surface area contributed by atoms with Gasteiger partial charge in [-0.1, -0.05) is 0 Å². The molecule has 0 atom stereocenters. The van der Waals surface area contributed by atoms with Gasteiger partial charge in [0.2, 0.25) is 5.82 Å². The first-order valence-corrected chi connectivity index (χ1v) is 8.25. The van der Waals surface area contributed by atoms with Gasteiger partial charge in [-0.2, -0.15) is 13.2 Å². The number of hydrogen-bond donors (Lipinski definition) is 1. The summed E-state index contributed by atoms with van der Waals surface area (Å²) in [6, 6.07) is 1.38. The van der Waals surface area contributed by atoms with Gasteiger partial charge < -0.3 is 5.32 Å². The Morgan fingerprint density at radius 3 is 2.21 bits per heavy atom. The molecular weight excluding hydrogens is 349 g/mol. The van der Waals surface area contributed by atoms with Crippen LogP contribution in [-0.4, -0.2) is 35.5 Å². The van der Waals surface area contributed by atoms with Crippen LogP contribution in [-0.2, 0) is 16.0 Å². The molecule has 11 heteroatoms. The molecule has 0 aliphatic carbocycles. The lowest BCUT2D eigenvalue weighted by Crippen LogP contribution is -2.18. The van der Waals surface area contributed by atoms with Crippen molar-refractivity contribution in [2.75, 3.05) is 11.6 Å². The Labute approximate surface area is 134 Å². The summed E-state index contributed by atoms with van der Waals surface area (Å²) < 4.78 is 60.5. The van der Waals surface area contributed by atoms with Crippen molar-refractivity contribution < 1.29 is 26.4 Å². The number of halogens is 3. The molecule has 0 saturated carbocycles. The van der Waals surface area contributed by atoms with Crippen LogP contribution >= 0.6 is 0 Å². The maximum atomic E-state index is 12.4. The number of sulfone groups is 1. The molecule has 2 aromatic heterocycles. The van der Waals surface area contributed by atoms with Crippen molar-refractivity contribution in [1.29, 1.82) is 0 Å². The molecule has 1 N–H and O–H groups in total. The molecule has 0 aromatic carbocycles. The number of anilines is 1. The van der Waals surface area contributed by atoms with E-state index >= 15 is 0 Å². The van der Waals surface area contributed by atoms with Crippen LogP contribution in [0, 0.1) is 6.92 Å². The average molecular weight is 360 g/mol. The Kier molecular flexibility index (Phi) is 4.56. The molecular formula is C13H11F3N4O3S. The summed E-state index contributed by atoms with van der Waals surface area (Å²) in [4.78, 5) is 22.0. The monoisotopic (exact) mass is 360 g/mol. The molecule has 2 rings (SSSR count). The molecule has 2 aromatic rings. The average Bonchev–Trinajstić information content (AvgIpc) is 2.45. The molecule has 0 spiro atoms. The van der Waals surface area contributed by atoms with Crippen molar-refractivity contribution in [2.24, 2.45) is 0 Å². The number of nitrogens with zero attached hydrogens (tertiary/aromatic N) is 3. The van der Waals surface area contributed by atoms with Crippen molar-refractivity contribution in [1.82, 2.24) is 15.0 Å². The van der Waals surface area contributed by atoms with Crippen LogP contribution in [0.15, 0.2) is 29.7 Å². The molecule has 0 aliphatic heterocycles. The van der Waals surface area contributed by atoms with E-state index < -0.39 is 27.7 Å². The van der Waals surface area contributed by atoms with Gasteiger partial charge in [0.25, 0.3) is 5.91 Å². The van der Waals surface area contributed by atoms with Crippen LogP contribution in [0.3, 0.4) is 0 Å². The molecule has 0 unspecified atom stereocenters. The largest absolute Gasteiger partial charge is 0.451 e. The minimum Gasteiger partial charge on any atom is -0.319 e. The highest BCUT2D eigenvalue weighted by Gasteiger charge is 2.34. The Morgan fingerprint density at radius 1 is 1.12 bits per heavy atom. The van der Waals surface area contributed by atoms with E-state index in [0.717, 1.165) is 6.26 Å². The fourth-order valence-electron chi connectivity index (χ4n) is 1.73. The summed E-state index contributed by atoms with van der Waals surface area (Å²) in [6.07, 6.45) is -1.09. The van der Waals surface area contributed by atoms with Crippen LogP contribution in [0.4, 0.5) is 18.9 Å². The zero-order valence-corrected chi connectivity index (χ0v) is 13.2. The first-order chi connectivity index (χ1) is 11.0. The number of amides is 1.